The van der Waals surface area contributed by atoms with Gasteiger partial charge in [-0.1, -0.05) is 36.4 Å². The Hall–Kier alpha value is -2.76. The number of hydrogen-bond donors (Lipinski definition) is 2. The number of nitrogens with zero attached hydrogens (tertiary/aromatic N) is 2. The first-order valence-electron chi connectivity index (χ1n) is 10.8. The molecule has 1 aromatic carbocycles. The predicted molar refractivity (Wildman–Crippen MR) is 122 cm³/mol. The normalized spacial score (nSPS) is 24.0. The number of hydrogen-bond acceptors (Lipinski definition) is 6. The minimum Gasteiger partial charge on any atom is -0.322 e. The van der Waals surface area contributed by atoms with Crippen molar-refractivity contribution in [3.05, 3.63) is 53.4 Å². The number of imide groups is 1. The number of nitrogens with one attached hydrogen (secondary N) is 2. The molecule has 176 valence electrons. The van der Waals surface area contributed by atoms with Gasteiger partial charge in [0, 0.05) is 13.1 Å². The zero-order valence-electron chi connectivity index (χ0n) is 18.2. The number of thiophene rings is 1. The van der Waals surface area contributed by atoms with Gasteiger partial charge < -0.3 is 5.32 Å². The monoisotopic (exact) mass is 490 g/mol. The summed E-state index contributed by atoms with van der Waals surface area (Å²) in [5.74, 6) is -1.74. The summed E-state index contributed by atoms with van der Waals surface area (Å²) in [6, 6.07) is 12.1. The fourth-order valence-electron chi connectivity index (χ4n) is 4.11. The van der Waals surface area contributed by atoms with Gasteiger partial charge in [-0.05, 0) is 49.6 Å². The van der Waals surface area contributed by atoms with Crippen molar-refractivity contribution in [1.82, 2.24) is 20.1 Å². The number of urea groups is 1. The Kier molecular flexibility index (Phi) is 6.55. The van der Waals surface area contributed by atoms with Gasteiger partial charge in [0.15, 0.2) is 0 Å². The first-order chi connectivity index (χ1) is 15.7. The summed E-state index contributed by atoms with van der Waals surface area (Å²) in [5.41, 5.74) is 2.32. The van der Waals surface area contributed by atoms with Crippen molar-refractivity contribution in [3.63, 3.8) is 0 Å². The summed E-state index contributed by atoms with van der Waals surface area (Å²) in [6.45, 7) is 1.96. The highest BCUT2D eigenvalue weighted by molar-refractivity contribution is 7.91. The maximum atomic E-state index is 13.0. The lowest BCUT2D eigenvalue weighted by Gasteiger charge is -2.31. The van der Waals surface area contributed by atoms with Crippen LogP contribution in [-0.2, 0) is 26.0 Å². The largest absolute Gasteiger partial charge is 0.344 e. The Bertz CT molecular complexity index is 1140. The average Bonchev–Trinajstić information content (AvgIpc) is 3.43. The van der Waals surface area contributed by atoms with Crippen LogP contribution in [0.3, 0.4) is 0 Å². The van der Waals surface area contributed by atoms with Crippen molar-refractivity contribution in [1.29, 1.82) is 0 Å². The Labute approximate surface area is 196 Å². The van der Waals surface area contributed by atoms with Gasteiger partial charge in [0.25, 0.3) is 15.9 Å². The van der Waals surface area contributed by atoms with Crippen molar-refractivity contribution >= 4 is 39.2 Å². The van der Waals surface area contributed by atoms with E-state index >= 15 is 0 Å². The quantitative estimate of drug-likeness (QED) is 0.577. The molecule has 33 heavy (non-hydrogen) atoms. The molecule has 2 N–H and O–H groups in total. The van der Waals surface area contributed by atoms with Crippen LogP contribution in [-0.4, -0.2) is 54.2 Å². The van der Waals surface area contributed by atoms with Crippen LogP contribution in [0.25, 0.3) is 0 Å². The summed E-state index contributed by atoms with van der Waals surface area (Å²) >= 11 is 1.13. The number of piperidine rings is 1. The van der Waals surface area contributed by atoms with E-state index in [-0.39, 0.29) is 10.8 Å². The second-order valence-electron chi connectivity index (χ2n) is 8.50. The molecular weight excluding hydrogens is 464 g/mol. The van der Waals surface area contributed by atoms with Gasteiger partial charge in [-0.25, -0.2) is 13.2 Å². The average molecular weight is 491 g/mol. The molecule has 1 aromatic heterocycles. The predicted octanol–water partition coefficient (Wildman–Crippen LogP) is 2.12. The van der Waals surface area contributed by atoms with E-state index in [1.165, 1.54) is 10.4 Å². The van der Waals surface area contributed by atoms with Crippen molar-refractivity contribution < 1.29 is 22.8 Å². The smallest absolute Gasteiger partial charge is 0.322 e. The maximum Gasteiger partial charge on any atom is 0.344 e. The molecule has 2 atom stereocenters. The van der Waals surface area contributed by atoms with E-state index in [0.717, 1.165) is 21.9 Å². The van der Waals surface area contributed by atoms with Gasteiger partial charge in [-0.2, -0.15) is 9.31 Å². The molecule has 2 unspecified atom stereocenters. The van der Waals surface area contributed by atoms with Crippen LogP contribution >= 0.6 is 11.3 Å². The van der Waals surface area contributed by atoms with Gasteiger partial charge in [0.1, 0.15) is 9.75 Å². The molecule has 4 amide bonds. The number of amides is 4. The molecule has 0 aliphatic carbocycles. The SMILES string of the molecule is CC1(CCc2ccccc2)NC(=O)N(NC(=O)C2CCCN(S(=O)(=O)c3cccs3)C2)C1=O. The van der Waals surface area contributed by atoms with Gasteiger partial charge in [0.05, 0.1) is 5.92 Å². The second kappa shape index (κ2) is 9.24. The molecule has 4 rings (SSSR count). The van der Waals surface area contributed by atoms with Crippen molar-refractivity contribution in [2.75, 3.05) is 13.1 Å². The zero-order valence-corrected chi connectivity index (χ0v) is 19.8. The molecule has 2 aliphatic rings. The number of sulfonamides is 1. The van der Waals surface area contributed by atoms with Gasteiger partial charge in [-0.3, -0.25) is 15.0 Å². The van der Waals surface area contributed by atoms with E-state index in [1.54, 1.807) is 18.4 Å². The van der Waals surface area contributed by atoms with E-state index in [9.17, 15) is 22.8 Å². The highest BCUT2D eigenvalue weighted by atomic mass is 32.2. The zero-order chi connectivity index (χ0) is 23.6. The highest BCUT2D eigenvalue weighted by Crippen LogP contribution is 2.27. The van der Waals surface area contributed by atoms with E-state index < -0.39 is 39.3 Å². The Balaban J connectivity index is 1.39. The number of carbonyl (C=O) groups is 3. The van der Waals surface area contributed by atoms with Crippen LogP contribution in [0.5, 0.6) is 0 Å². The van der Waals surface area contributed by atoms with Gasteiger partial charge in [-0.15, -0.1) is 11.3 Å². The standard InChI is InChI=1S/C22H26N4O5S2/c1-22(12-11-16-7-3-2-4-8-16)20(28)26(21(29)23-22)24-19(27)17-9-5-13-25(15-17)33(30,31)18-10-6-14-32-18/h2-4,6-8,10,14,17H,5,9,11-13,15H2,1H3,(H,23,29)(H,24,27). The van der Waals surface area contributed by atoms with Crippen LogP contribution in [0.4, 0.5) is 4.79 Å². The molecule has 2 aliphatic heterocycles. The molecule has 0 bridgehead atoms. The first-order valence-corrected chi connectivity index (χ1v) is 13.1. The van der Waals surface area contributed by atoms with Crippen LogP contribution < -0.4 is 10.7 Å². The third kappa shape index (κ3) is 4.80. The number of carbonyl (C=O) groups excluding carboxylic acids is 3. The van der Waals surface area contributed by atoms with E-state index in [2.05, 4.69) is 10.7 Å². The maximum absolute atomic E-state index is 13.0. The fraction of sp³-hybridized carbons (Fsp3) is 0.409. The summed E-state index contributed by atoms with van der Waals surface area (Å²) in [5, 5.41) is 5.09. The molecule has 0 saturated carbocycles. The van der Waals surface area contributed by atoms with Crippen molar-refractivity contribution in [3.8, 4) is 0 Å². The number of benzene rings is 1. The molecule has 11 heteroatoms. The molecule has 9 nitrogen and oxygen atoms in total. The Morgan fingerprint density at radius 2 is 1.97 bits per heavy atom. The minimum atomic E-state index is -3.67. The van der Waals surface area contributed by atoms with E-state index in [0.29, 0.717) is 32.2 Å². The topological polar surface area (TPSA) is 116 Å². The van der Waals surface area contributed by atoms with Gasteiger partial charge >= 0.3 is 6.03 Å². The summed E-state index contributed by atoms with van der Waals surface area (Å²) in [6.07, 6.45) is 1.95. The summed E-state index contributed by atoms with van der Waals surface area (Å²) < 4.78 is 27.2. The van der Waals surface area contributed by atoms with Gasteiger partial charge in [0.2, 0.25) is 5.91 Å². The lowest BCUT2D eigenvalue weighted by molar-refractivity contribution is -0.141. The second-order valence-corrected chi connectivity index (χ2v) is 11.6. The number of hydrazine groups is 1. The lowest BCUT2D eigenvalue weighted by Crippen LogP contribution is -2.53. The van der Waals surface area contributed by atoms with E-state index in [1.807, 2.05) is 30.3 Å². The fourth-order valence-corrected chi connectivity index (χ4v) is 6.78. The van der Waals surface area contributed by atoms with Crippen molar-refractivity contribution in [2.45, 2.75) is 42.4 Å². The number of aryl methyl sites for hydroxylation is 1. The van der Waals surface area contributed by atoms with Crippen LogP contribution in [0.15, 0.2) is 52.1 Å². The first kappa shape index (κ1) is 23.4. The third-order valence-electron chi connectivity index (χ3n) is 6.08. The minimum absolute atomic E-state index is 0.000983. The molecule has 2 saturated heterocycles. The Morgan fingerprint density at radius 1 is 1.21 bits per heavy atom. The lowest BCUT2D eigenvalue weighted by atomic mass is 9.93. The van der Waals surface area contributed by atoms with Crippen LogP contribution in [0, 0.1) is 5.92 Å². The summed E-state index contributed by atoms with van der Waals surface area (Å²) in [7, 11) is -3.67. The number of rotatable bonds is 7. The molecule has 2 fully saturated rings. The Morgan fingerprint density at radius 3 is 2.67 bits per heavy atom. The molecular formula is C22H26N4O5S2. The van der Waals surface area contributed by atoms with Crippen molar-refractivity contribution in [2.24, 2.45) is 5.92 Å². The molecule has 2 aromatic rings. The van der Waals surface area contributed by atoms with E-state index in [4.69, 9.17) is 0 Å². The molecule has 0 spiro atoms. The summed E-state index contributed by atoms with van der Waals surface area (Å²) in [4.78, 5) is 38.4. The van der Waals surface area contributed by atoms with Crippen LogP contribution in [0.1, 0.15) is 31.7 Å². The van der Waals surface area contributed by atoms with Crippen LogP contribution in [0.2, 0.25) is 0 Å². The highest BCUT2D eigenvalue weighted by Gasteiger charge is 2.49. The third-order valence-corrected chi connectivity index (χ3v) is 9.32. The molecule has 3 heterocycles. The molecule has 0 radical (unpaired) electrons.